The summed E-state index contributed by atoms with van der Waals surface area (Å²) < 4.78 is 43.3. The fourth-order valence-corrected chi connectivity index (χ4v) is 2.57. The van der Waals surface area contributed by atoms with Gasteiger partial charge in [-0.05, 0) is 31.0 Å². The van der Waals surface area contributed by atoms with E-state index in [1.807, 2.05) is 0 Å². The van der Waals surface area contributed by atoms with Gasteiger partial charge in [0.05, 0.1) is 24.3 Å². The molecule has 0 spiro atoms. The van der Waals surface area contributed by atoms with Crippen molar-refractivity contribution in [1.29, 1.82) is 0 Å². The lowest BCUT2D eigenvalue weighted by molar-refractivity contribution is -0.175. The standard InChI is InChI=1S/C14H17F3N2O2/c1-21-13(20)11-7-10(18)4-5-12(11)19-6-2-3-9(8-19)14(15,16)17/h4-5,7,9H,2-3,6,8,18H2,1H3. The number of hydrogen-bond acceptors (Lipinski definition) is 4. The third-order valence-corrected chi connectivity index (χ3v) is 3.65. The van der Waals surface area contributed by atoms with Gasteiger partial charge in [0.1, 0.15) is 0 Å². The molecule has 0 saturated carbocycles. The molecule has 1 heterocycles. The van der Waals surface area contributed by atoms with Gasteiger partial charge in [0.15, 0.2) is 0 Å². The van der Waals surface area contributed by atoms with Crippen LogP contribution in [-0.2, 0) is 4.74 Å². The molecule has 0 amide bonds. The Hall–Kier alpha value is -1.92. The van der Waals surface area contributed by atoms with Gasteiger partial charge < -0.3 is 15.4 Å². The number of ether oxygens (including phenoxy) is 1. The lowest BCUT2D eigenvalue weighted by Gasteiger charge is -2.36. The number of nitrogens with two attached hydrogens (primary N) is 1. The molecule has 2 rings (SSSR count). The van der Waals surface area contributed by atoms with Crippen LogP contribution in [0.15, 0.2) is 18.2 Å². The molecule has 21 heavy (non-hydrogen) atoms. The molecule has 1 aliphatic rings. The summed E-state index contributed by atoms with van der Waals surface area (Å²) in [5, 5.41) is 0. The van der Waals surface area contributed by atoms with Gasteiger partial charge in [0.25, 0.3) is 0 Å². The lowest BCUT2D eigenvalue weighted by Crippen LogP contribution is -2.42. The van der Waals surface area contributed by atoms with Crippen LogP contribution in [0.3, 0.4) is 0 Å². The number of halogens is 3. The minimum absolute atomic E-state index is 0.114. The van der Waals surface area contributed by atoms with Crippen LogP contribution >= 0.6 is 0 Å². The number of carbonyl (C=O) groups excluding carboxylic acids is 1. The number of piperidine rings is 1. The van der Waals surface area contributed by atoms with Gasteiger partial charge in [-0.3, -0.25) is 0 Å². The summed E-state index contributed by atoms with van der Waals surface area (Å²) in [6.45, 7) is 0.317. The molecule has 1 aliphatic heterocycles. The summed E-state index contributed by atoms with van der Waals surface area (Å²) in [5.41, 5.74) is 6.63. The fraction of sp³-hybridized carbons (Fsp3) is 0.500. The summed E-state index contributed by atoms with van der Waals surface area (Å²) >= 11 is 0. The minimum Gasteiger partial charge on any atom is -0.465 e. The number of benzene rings is 1. The van der Waals surface area contributed by atoms with Crippen molar-refractivity contribution in [2.45, 2.75) is 19.0 Å². The van der Waals surface area contributed by atoms with E-state index in [4.69, 9.17) is 5.73 Å². The van der Waals surface area contributed by atoms with Crippen molar-refractivity contribution >= 4 is 17.3 Å². The summed E-state index contributed by atoms with van der Waals surface area (Å²) in [5.74, 6) is -1.99. The maximum absolute atomic E-state index is 12.9. The predicted molar refractivity (Wildman–Crippen MR) is 73.2 cm³/mol. The first kappa shape index (κ1) is 15.5. The zero-order valence-electron chi connectivity index (χ0n) is 11.6. The van der Waals surface area contributed by atoms with Crippen molar-refractivity contribution in [3.8, 4) is 0 Å². The highest BCUT2D eigenvalue weighted by molar-refractivity contribution is 5.97. The van der Waals surface area contributed by atoms with Crippen LogP contribution in [0.5, 0.6) is 0 Å². The number of nitrogens with zero attached hydrogens (tertiary/aromatic N) is 1. The Kier molecular flexibility index (Phi) is 4.29. The number of alkyl halides is 3. The molecule has 1 fully saturated rings. The minimum atomic E-state index is -4.22. The topological polar surface area (TPSA) is 55.6 Å². The summed E-state index contributed by atoms with van der Waals surface area (Å²) in [4.78, 5) is 13.4. The molecule has 2 N–H and O–H groups in total. The maximum atomic E-state index is 12.9. The molecule has 4 nitrogen and oxygen atoms in total. The predicted octanol–water partition coefficient (Wildman–Crippen LogP) is 2.83. The molecule has 1 atom stereocenters. The zero-order chi connectivity index (χ0) is 15.6. The van der Waals surface area contributed by atoms with Crippen molar-refractivity contribution in [3.63, 3.8) is 0 Å². The molecule has 0 aromatic heterocycles. The second-order valence-corrected chi connectivity index (χ2v) is 5.09. The summed E-state index contributed by atoms with van der Waals surface area (Å²) in [7, 11) is 1.23. The van der Waals surface area contributed by atoms with E-state index in [1.54, 1.807) is 17.0 Å². The van der Waals surface area contributed by atoms with Gasteiger partial charge in [0, 0.05) is 18.8 Å². The van der Waals surface area contributed by atoms with Gasteiger partial charge in [-0.15, -0.1) is 0 Å². The van der Waals surface area contributed by atoms with Crippen LogP contribution in [0.25, 0.3) is 0 Å². The third-order valence-electron chi connectivity index (χ3n) is 3.65. The fourth-order valence-electron chi connectivity index (χ4n) is 2.57. The van der Waals surface area contributed by atoms with Crippen LogP contribution < -0.4 is 10.6 Å². The monoisotopic (exact) mass is 302 g/mol. The maximum Gasteiger partial charge on any atom is 0.393 e. The number of nitrogen functional groups attached to an aromatic ring is 1. The molecular weight excluding hydrogens is 285 g/mol. The first-order valence-corrected chi connectivity index (χ1v) is 6.62. The average Bonchev–Trinajstić information content (AvgIpc) is 2.45. The van der Waals surface area contributed by atoms with Crippen molar-refractivity contribution in [2.24, 2.45) is 5.92 Å². The largest absolute Gasteiger partial charge is 0.465 e. The number of carbonyl (C=O) groups is 1. The Morgan fingerprint density at radius 3 is 2.76 bits per heavy atom. The molecule has 7 heteroatoms. The molecular formula is C14H17F3N2O2. The number of hydrogen-bond donors (Lipinski definition) is 1. The Morgan fingerprint density at radius 2 is 2.14 bits per heavy atom. The van der Waals surface area contributed by atoms with Crippen molar-refractivity contribution in [1.82, 2.24) is 0 Å². The van der Waals surface area contributed by atoms with E-state index < -0.39 is 18.1 Å². The van der Waals surface area contributed by atoms with E-state index in [-0.39, 0.29) is 18.5 Å². The second kappa shape index (κ2) is 5.83. The molecule has 1 unspecified atom stereocenters. The SMILES string of the molecule is COC(=O)c1cc(N)ccc1N1CCCC(C(F)(F)F)C1. The lowest BCUT2D eigenvalue weighted by atomic mass is 9.96. The Bertz CT molecular complexity index is 531. The van der Waals surface area contributed by atoms with E-state index in [2.05, 4.69) is 4.74 Å². The van der Waals surface area contributed by atoms with Crippen LogP contribution in [0.1, 0.15) is 23.2 Å². The average molecular weight is 302 g/mol. The van der Waals surface area contributed by atoms with E-state index in [9.17, 15) is 18.0 Å². The van der Waals surface area contributed by atoms with E-state index >= 15 is 0 Å². The molecule has 1 aromatic rings. The second-order valence-electron chi connectivity index (χ2n) is 5.09. The van der Waals surface area contributed by atoms with Crippen LogP contribution in [-0.4, -0.2) is 32.3 Å². The highest BCUT2D eigenvalue weighted by Crippen LogP contribution is 2.36. The summed E-state index contributed by atoms with van der Waals surface area (Å²) in [6, 6.07) is 4.57. The normalized spacial score (nSPS) is 19.4. The van der Waals surface area contributed by atoms with Gasteiger partial charge in [-0.1, -0.05) is 0 Å². The zero-order valence-corrected chi connectivity index (χ0v) is 11.6. The van der Waals surface area contributed by atoms with Crippen molar-refractivity contribution in [3.05, 3.63) is 23.8 Å². The van der Waals surface area contributed by atoms with E-state index in [0.717, 1.165) is 0 Å². The Balaban J connectivity index is 2.31. The summed E-state index contributed by atoms with van der Waals surface area (Å²) in [6.07, 6.45) is -3.68. The van der Waals surface area contributed by atoms with Gasteiger partial charge >= 0.3 is 12.1 Å². The number of rotatable bonds is 2. The van der Waals surface area contributed by atoms with Gasteiger partial charge in [-0.2, -0.15) is 13.2 Å². The number of anilines is 2. The van der Waals surface area contributed by atoms with Crippen LogP contribution in [0.2, 0.25) is 0 Å². The first-order valence-electron chi connectivity index (χ1n) is 6.62. The van der Waals surface area contributed by atoms with E-state index in [0.29, 0.717) is 24.3 Å². The molecule has 1 saturated heterocycles. The quantitative estimate of drug-likeness (QED) is 0.674. The van der Waals surface area contributed by atoms with Crippen molar-refractivity contribution in [2.75, 3.05) is 30.8 Å². The highest BCUT2D eigenvalue weighted by Gasteiger charge is 2.42. The molecule has 0 radical (unpaired) electrons. The highest BCUT2D eigenvalue weighted by atomic mass is 19.4. The van der Waals surface area contributed by atoms with Crippen LogP contribution in [0, 0.1) is 5.92 Å². The number of esters is 1. The first-order chi connectivity index (χ1) is 9.82. The molecule has 1 aromatic carbocycles. The van der Waals surface area contributed by atoms with Gasteiger partial charge in [0.2, 0.25) is 0 Å². The van der Waals surface area contributed by atoms with Gasteiger partial charge in [-0.25, -0.2) is 4.79 Å². The van der Waals surface area contributed by atoms with Crippen LogP contribution in [0.4, 0.5) is 24.5 Å². The molecule has 116 valence electrons. The Morgan fingerprint density at radius 1 is 1.43 bits per heavy atom. The third kappa shape index (κ3) is 3.40. The smallest absolute Gasteiger partial charge is 0.393 e. The number of methoxy groups -OCH3 is 1. The molecule has 0 bridgehead atoms. The Labute approximate surface area is 120 Å². The van der Waals surface area contributed by atoms with E-state index in [1.165, 1.54) is 13.2 Å². The van der Waals surface area contributed by atoms with Crippen molar-refractivity contribution < 1.29 is 22.7 Å². The molecule has 0 aliphatic carbocycles.